The summed E-state index contributed by atoms with van der Waals surface area (Å²) >= 11 is 0. The quantitative estimate of drug-likeness (QED) is 0.872. The van der Waals surface area contributed by atoms with Crippen molar-refractivity contribution in [2.24, 2.45) is 5.73 Å². The van der Waals surface area contributed by atoms with Crippen molar-refractivity contribution in [3.8, 4) is 11.5 Å². The van der Waals surface area contributed by atoms with Gasteiger partial charge in [0.15, 0.2) is 11.5 Å². The van der Waals surface area contributed by atoms with E-state index in [2.05, 4.69) is 4.98 Å². The van der Waals surface area contributed by atoms with Crippen LogP contribution in [0.4, 0.5) is 5.82 Å². The number of rotatable bonds is 3. The van der Waals surface area contributed by atoms with Crippen molar-refractivity contribution in [3.05, 3.63) is 47.7 Å². The van der Waals surface area contributed by atoms with E-state index in [0.29, 0.717) is 12.1 Å². The fourth-order valence-corrected chi connectivity index (χ4v) is 3.39. The maximum absolute atomic E-state index is 11.1. The predicted molar refractivity (Wildman–Crippen MR) is 90.9 cm³/mol. The molecule has 1 aromatic carbocycles. The highest BCUT2D eigenvalue weighted by molar-refractivity contribution is 5.92. The van der Waals surface area contributed by atoms with E-state index in [4.69, 9.17) is 15.2 Å². The standard InChI is InChI=1S/C18H19N3O4/c19-18(23)12-2-4-17(20-8-12)21-6-5-13(14(22)9-21)11-1-3-15-16(7-11)25-10-24-15/h1-4,7-8,13-14,22H,5-6,9-10H2,(H2,19,23)/t13-,14+/m0/s1. The molecule has 2 atom stereocenters. The number of anilines is 1. The van der Waals surface area contributed by atoms with Crippen LogP contribution in [-0.4, -0.2) is 42.0 Å². The number of hydrogen-bond donors (Lipinski definition) is 2. The van der Waals surface area contributed by atoms with Gasteiger partial charge in [0.25, 0.3) is 0 Å². The van der Waals surface area contributed by atoms with E-state index in [1.165, 1.54) is 6.20 Å². The number of nitrogens with two attached hydrogens (primary N) is 1. The zero-order chi connectivity index (χ0) is 17.4. The van der Waals surface area contributed by atoms with Crippen molar-refractivity contribution >= 4 is 11.7 Å². The number of hydrogen-bond acceptors (Lipinski definition) is 6. The number of carbonyl (C=O) groups is 1. The maximum atomic E-state index is 11.1. The van der Waals surface area contributed by atoms with Crippen molar-refractivity contribution in [1.82, 2.24) is 4.98 Å². The van der Waals surface area contributed by atoms with E-state index in [1.807, 2.05) is 23.1 Å². The van der Waals surface area contributed by atoms with Gasteiger partial charge in [-0.15, -0.1) is 0 Å². The number of amides is 1. The molecule has 0 radical (unpaired) electrons. The molecule has 1 aromatic heterocycles. The van der Waals surface area contributed by atoms with E-state index in [-0.39, 0.29) is 12.7 Å². The topological polar surface area (TPSA) is 97.9 Å². The van der Waals surface area contributed by atoms with E-state index >= 15 is 0 Å². The minimum atomic E-state index is -0.522. The Morgan fingerprint density at radius 1 is 1.24 bits per heavy atom. The minimum Gasteiger partial charge on any atom is -0.454 e. The Labute approximate surface area is 145 Å². The second-order valence-electron chi connectivity index (χ2n) is 6.29. The van der Waals surface area contributed by atoms with Gasteiger partial charge in [0.1, 0.15) is 5.82 Å². The van der Waals surface area contributed by atoms with Crippen molar-refractivity contribution in [1.29, 1.82) is 0 Å². The number of aliphatic hydroxyl groups excluding tert-OH is 1. The van der Waals surface area contributed by atoms with Gasteiger partial charge in [-0.05, 0) is 36.2 Å². The third kappa shape index (κ3) is 2.98. The molecule has 130 valence electrons. The highest BCUT2D eigenvalue weighted by Gasteiger charge is 2.30. The van der Waals surface area contributed by atoms with E-state index in [0.717, 1.165) is 35.8 Å². The predicted octanol–water partition coefficient (Wildman–Crippen LogP) is 1.26. The number of ether oxygens (including phenoxy) is 2. The molecule has 25 heavy (non-hydrogen) atoms. The van der Waals surface area contributed by atoms with Crippen molar-refractivity contribution in [3.63, 3.8) is 0 Å². The molecular weight excluding hydrogens is 322 g/mol. The first-order chi connectivity index (χ1) is 12.1. The van der Waals surface area contributed by atoms with Crippen LogP contribution in [-0.2, 0) is 0 Å². The molecule has 1 saturated heterocycles. The Kier molecular flexibility index (Phi) is 3.93. The first-order valence-corrected chi connectivity index (χ1v) is 8.20. The number of primary amides is 1. The molecule has 0 saturated carbocycles. The molecular formula is C18H19N3O4. The molecule has 0 aliphatic carbocycles. The van der Waals surface area contributed by atoms with Crippen LogP contribution in [0.15, 0.2) is 36.5 Å². The molecule has 2 aliphatic heterocycles. The molecule has 1 fully saturated rings. The number of aromatic nitrogens is 1. The molecule has 7 heteroatoms. The largest absolute Gasteiger partial charge is 0.454 e. The SMILES string of the molecule is NC(=O)c1ccc(N2CC[C@@H](c3ccc4c(c3)OCO4)[C@H](O)C2)nc1. The molecule has 3 N–H and O–H groups in total. The Morgan fingerprint density at radius 3 is 2.80 bits per heavy atom. The number of β-amino-alcohol motifs (C(OH)–C–C–N with tert-alkyl or cyclic N) is 1. The van der Waals surface area contributed by atoms with Crippen LogP contribution < -0.4 is 20.1 Å². The average Bonchev–Trinajstić information content (AvgIpc) is 3.09. The van der Waals surface area contributed by atoms with Crippen LogP contribution in [0.5, 0.6) is 11.5 Å². The molecule has 1 amide bonds. The minimum absolute atomic E-state index is 0.0376. The van der Waals surface area contributed by atoms with Crippen LogP contribution in [0.2, 0.25) is 0 Å². The molecule has 0 unspecified atom stereocenters. The number of carbonyl (C=O) groups excluding carboxylic acids is 1. The number of pyridine rings is 1. The molecule has 7 nitrogen and oxygen atoms in total. The summed E-state index contributed by atoms with van der Waals surface area (Å²) in [6.07, 6.45) is 1.74. The normalized spacial score (nSPS) is 22.0. The number of nitrogens with zero attached hydrogens (tertiary/aromatic N) is 2. The fraction of sp³-hybridized carbons (Fsp3) is 0.333. The van der Waals surface area contributed by atoms with Crippen LogP contribution >= 0.6 is 0 Å². The van der Waals surface area contributed by atoms with E-state index < -0.39 is 12.0 Å². The first-order valence-electron chi connectivity index (χ1n) is 8.20. The van der Waals surface area contributed by atoms with Gasteiger partial charge in [-0.25, -0.2) is 4.98 Å². The van der Waals surface area contributed by atoms with E-state index in [1.54, 1.807) is 12.1 Å². The Bertz CT molecular complexity index is 793. The molecule has 4 rings (SSSR count). The van der Waals surface area contributed by atoms with Crippen LogP contribution in [0.1, 0.15) is 28.3 Å². The van der Waals surface area contributed by atoms with Gasteiger partial charge in [-0.3, -0.25) is 4.79 Å². The monoisotopic (exact) mass is 341 g/mol. The summed E-state index contributed by atoms with van der Waals surface area (Å²) in [5.41, 5.74) is 6.66. The lowest BCUT2D eigenvalue weighted by Crippen LogP contribution is -2.43. The molecule has 2 aliphatic rings. The van der Waals surface area contributed by atoms with Crippen LogP contribution in [0, 0.1) is 0 Å². The Morgan fingerprint density at radius 2 is 2.08 bits per heavy atom. The van der Waals surface area contributed by atoms with Gasteiger partial charge in [0.05, 0.1) is 11.7 Å². The van der Waals surface area contributed by atoms with Gasteiger partial charge in [-0.2, -0.15) is 0 Å². The van der Waals surface area contributed by atoms with Gasteiger partial charge in [0.2, 0.25) is 12.7 Å². The fourth-order valence-electron chi connectivity index (χ4n) is 3.39. The summed E-state index contributed by atoms with van der Waals surface area (Å²) in [5, 5.41) is 10.6. The zero-order valence-electron chi connectivity index (χ0n) is 13.6. The summed E-state index contributed by atoms with van der Waals surface area (Å²) < 4.78 is 10.8. The second kappa shape index (κ2) is 6.25. The van der Waals surface area contributed by atoms with Gasteiger partial charge >= 0.3 is 0 Å². The van der Waals surface area contributed by atoms with E-state index in [9.17, 15) is 9.90 Å². The summed E-state index contributed by atoms with van der Waals surface area (Å²) in [7, 11) is 0. The van der Waals surface area contributed by atoms with Crippen molar-refractivity contribution < 1.29 is 19.4 Å². The summed E-state index contributed by atoms with van der Waals surface area (Å²) in [5.74, 6) is 1.75. The average molecular weight is 341 g/mol. The molecule has 2 aromatic rings. The molecule has 0 bridgehead atoms. The number of fused-ring (bicyclic) bond motifs is 1. The Balaban J connectivity index is 1.47. The smallest absolute Gasteiger partial charge is 0.250 e. The maximum Gasteiger partial charge on any atom is 0.250 e. The summed E-state index contributed by atoms with van der Waals surface area (Å²) in [6, 6.07) is 9.23. The second-order valence-corrected chi connectivity index (χ2v) is 6.29. The lowest BCUT2D eigenvalue weighted by molar-refractivity contribution is 0.0999. The highest BCUT2D eigenvalue weighted by Crippen LogP contribution is 2.37. The summed E-state index contributed by atoms with van der Waals surface area (Å²) in [6.45, 7) is 1.48. The van der Waals surface area contributed by atoms with Gasteiger partial charge in [-0.1, -0.05) is 6.07 Å². The van der Waals surface area contributed by atoms with Gasteiger partial charge in [0, 0.05) is 25.2 Å². The number of aliphatic hydroxyl groups is 1. The lowest BCUT2D eigenvalue weighted by atomic mass is 9.87. The Hall–Kier alpha value is -2.80. The van der Waals surface area contributed by atoms with Gasteiger partial charge < -0.3 is 25.2 Å². The van der Waals surface area contributed by atoms with Crippen LogP contribution in [0.3, 0.4) is 0 Å². The highest BCUT2D eigenvalue weighted by atomic mass is 16.7. The zero-order valence-corrected chi connectivity index (χ0v) is 13.6. The first kappa shape index (κ1) is 15.7. The molecule has 0 spiro atoms. The van der Waals surface area contributed by atoms with Crippen molar-refractivity contribution in [2.45, 2.75) is 18.4 Å². The summed E-state index contributed by atoms with van der Waals surface area (Å²) in [4.78, 5) is 17.4. The third-order valence-electron chi connectivity index (χ3n) is 4.76. The number of piperidine rings is 1. The lowest BCUT2D eigenvalue weighted by Gasteiger charge is -2.37. The molecule has 3 heterocycles. The third-order valence-corrected chi connectivity index (χ3v) is 4.76. The van der Waals surface area contributed by atoms with Crippen molar-refractivity contribution in [2.75, 3.05) is 24.8 Å². The van der Waals surface area contributed by atoms with Crippen LogP contribution in [0.25, 0.3) is 0 Å². The number of benzene rings is 1.